The van der Waals surface area contributed by atoms with Crippen molar-refractivity contribution in [3.63, 3.8) is 0 Å². The molecule has 5 rings (SSSR count). The van der Waals surface area contributed by atoms with Crippen LogP contribution in [0.3, 0.4) is 0 Å². The molecule has 33 heavy (non-hydrogen) atoms. The van der Waals surface area contributed by atoms with Crippen molar-refractivity contribution in [1.82, 2.24) is 19.2 Å². The molecule has 7 nitrogen and oxygen atoms in total. The third-order valence-electron chi connectivity index (χ3n) is 6.68. The topological polar surface area (TPSA) is 74.9 Å². The molecule has 1 aliphatic carbocycles. The maximum Gasteiger partial charge on any atom is 0.242 e. The summed E-state index contributed by atoms with van der Waals surface area (Å²) in [6.45, 7) is 2.19. The molecule has 0 bridgehead atoms. The molecule has 0 unspecified atom stereocenters. The van der Waals surface area contributed by atoms with E-state index >= 15 is 0 Å². The third kappa shape index (κ3) is 3.77. The van der Waals surface area contributed by atoms with Crippen LogP contribution in [0, 0.1) is 0 Å². The van der Waals surface area contributed by atoms with Crippen LogP contribution in [0.2, 0.25) is 0 Å². The number of aromatic nitrogens is 4. The van der Waals surface area contributed by atoms with Crippen molar-refractivity contribution in [2.75, 3.05) is 14.1 Å². The van der Waals surface area contributed by atoms with Gasteiger partial charge in [-0.05, 0) is 55.7 Å². The molecular weight excluding hydrogens is 434 g/mol. The summed E-state index contributed by atoms with van der Waals surface area (Å²) < 4.78 is 30.3. The van der Waals surface area contributed by atoms with Crippen molar-refractivity contribution in [2.45, 2.75) is 50.0 Å². The molecule has 1 N–H and O–H groups in total. The van der Waals surface area contributed by atoms with E-state index in [-0.39, 0.29) is 4.90 Å². The zero-order chi connectivity index (χ0) is 23.2. The van der Waals surface area contributed by atoms with E-state index in [2.05, 4.69) is 40.0 Å². The van der Waals surface area contributed by atoms with Crippen molar-refractivity contribution >= 4 is 20.9 Å². The van der Waals surface area contributed by atoms with Gasteiger partial charge in [0.05, 0.1) is 33.6 Å². The van der Waals surface area contributed by atoms with Gasteiger partial charge < -0.3 is 0 Å². The Morgan fingerprint density at radius 3 is 2.48 bits per heavy atom. The molecule has 2 aromatic heterocycles. The van der Waals surface area contributed by atoms with Gasteiger partial charge in [0.25, 0.3) is 0 Å². The number of hydrogen-bond acceptors (Lipinski definition) is 3. The van der Waals surface area contributed by atoms with Crippen LogP contribution in [0.4, 0.5) is 0 Å². The number of nitrogens with one attached hydrogen (secondary N) is 1. The first-order chi connectivity index (χ1) is 15.9. The number of hydrogen-bond donors (Lipinski definition) is 1. The van der Waals surface area contributed by atoms with Gasteiger partial charge in [0.1, 0.15) is 0 Å². The molecule has 0 atom stereocenters. The summed E-state index contributed by atoms with van der Waals surface area (Å²) in [6.07, 6.45) is 7.75. The van der Waals surface area contributed by atoms with Crippen molar-refractivity contribution in [3.05, 3.63) is 60.4 Å². The highest BCUT2D eigenvalue weighted by molar-refractivity contribution is 7.89. The zero-order valence-electron chi connectivity index (χ0n) is 19.3. The van der Waals surface area contributed by atoms with Gasteiger partial charge in [0.2, 0.25) is 15.5 Å². The minimum absolute atomic E-state index is 0.267. The fraction of sp³-hybridized carbons (Fsp3) is 0.360. The average molecular weight is 465 g/mol. The largest absolute Gasteiger partial charge is 0.242 e. The van der Waals surface area contributed by atoms with E-state index in [9.17, 15) is 8.42 Å². The third-order valence-corrected chi connectivity index (χ3v) is 8.51. The van der Waals surface area contributed by atoms with Gasteiger partial charge in [0.15, 0.2) is 6.04 Å². The van der Waals surface area contributed by atoms with Crippen molar-refractivity contribution in [1.29, 1.82) is 0 Å². The summed E-state index contributed by atoms with van der Waals surface area (Å²) in [5.74, 6) is 0. The Bertz CT molecular complexity index is 1390. The first kappa shape index (κ1) is 21.9. The number of fused-ring (bicyclic) bond motifs is 1. The van der Waals surface area contributed by atoms with E-state index in [0.717, 1.165) is 23.4 Å². The van der Waals surface area contributed by atoms with Gasteiger partial charge in [-0.25, -0.2) is 17.4 Å². The van der Waals surface area contributed by atoms with Gasteiger partial charge in [-0.3, -0.25) is 0 Å². The number of rotatable bonds is 6. The summed E-state index contributed by atoms with van der Waals surface area (Å²) in [5.41, 5.74) is 5.38. The molecule has 4 aromatic rings. The zero-order valence-corrected chi connectivity index (χ0v) is 20.1. The molecule has 0 spiro atoms. The first-order valence-corrected chi connectivity index (χ1v) is 13.0. The van der Waals surface area contributed by atoms with E-state index in [1.165, 1.54) is 60.7 Å². The van der Waals surface area contributed by atoms with E-state index in [0.29, 0.717) is 6.04 Å². The maximum absolute atomic E-state index is 12.4. The standard InChI is InChI=1S/C25H29N5O2S/c1-4-23-22-14-9-18(17-25(22)30(27-23)19-7-5-6-8-19)24-15-16-26-29(24)20-10-12-21(13-11-20)33(31,32)28(2)3/h9-17,19H,4-8H2,1-3H3/p+1. The normalized spacial score (nSPS) is 15.2. The lowest BCUT2D eigenvalue weighted by Gasteiger charge is -2.12. The Labute approximate surface area is 194 Å². The van der Waals surface area contributed by atoms with Gasteiger partial charge in [0, 0.05) is 38.6 Å². The molecule has 8 heteroatoms. The average Bonchev–Trinajstić information content (AvgIpc) is 3.58. The van der Waals surface area contributed by atoms with Crippen LogP contribution in [0.25, 0.3) is 27.8 Å². The lowest BCUT2D eigenvalue weighted by atomic mass is 10.1. The van der Waals surface area contributed by atoms with Crippen molar-refractivity contribution < 1.29 is 13.1 Å². The smallest absolute Gasteiger partial charge is 0.233 e. The van der Waals surface area contributed by atoms with Gasteiger partial charge >= 0.3 is 0 Å². The van der Waals surface area contributed by atoms with Crippen molar-refractivity contribution in [3.8, 4) is 16.9 Å². The van der Waals surface area contributed by atoms with Gasteiger partial charge in [-0.1, -0.05) is 13.0 Å². The van der Waals surface area contributed by atoms with Crippen LogP contribution in [-0.4, -0.2) is 41.7 Å². The fourth-order valence-electron chi connectivity index (χ4n) is 4.83. The summed E-state index contributed by atoms with van der Waals surface area (Å²) in [5, 5.41) is 9.47. The monoisotopic (exact) mass is 464 g/mol. The van der Waals surface area contributed by atoms with Crippen LogP contribution in [0.1, 0.15) is 44.3 Å². The lowest BCUT2D eigenvalue weighted by Crippen LogP contribution is -2.40. The SMILES string of the molecule is CCc1[nH][n+](C2CCCC2)c2cc(-c3ccnn3-c3ccc(S(=O)(=O)N(C)C)cc3)ccc12. The quantitative estimate of drug-likeness (QED) is 0.434. The van der Waals surface area contributed by atoms with Gasteiger partial charge in [-0.15, -0.1) is 4.68 Å². The first-order valence-electron chi connectivity index (χ1n) is 11.5. The molecule has 1 fully saturated rings. The summed E-state index contributed by atoms with van der Waals surface area (Å²) >= 11 is 0. The number of benzene rings is 2. The number of aryl methyl sites for hydroxylation is 1. The molecule has 0 radical (unpaired) electrons. The van der Waals surface area contributed by atoms with Crippen LogP contribution in [0.5, 0.6) is 0 Å². The summed E-state index contributed by atoms with van der Waals surface area (Å²) in [7, 11) is -0.394. The Morgan fingerprint density at radius 1 is 1.09 bits per heavy atom. The van der Waals surface area contributed by atoms with Crippen LogP contribution in [0.15, 0.2) is 59.6 Å². The Kier molecular flexibility index (Phi) is 5.58. The molecule has 2 heterocycles. The second-order valence-electron chi connectivity index (χ2n) is 8.89. The van der Waals surface area contributed by atoms with Crippen LogP contribution in [-0.2, 0) is 16.4 Å². The molecule has 0 aliphatic heterocycles. The number of nitrogens with zero attached hydrogens (tertiary/aromatic N) is 4. The Balaban J connectivity index is 1.56. The number of aromatic amines is 1. The molecule has 2 aromatic carbocycles. The molecule has 1 aliphatic rings. The summed E-state index contributed by atoms with van der Waals surface area (Å²) in [4.78, 5) is 0.267. The highest BCUT2D eigenvalue weighted by atomic mass is 32.2. The van der Waals surface area contributed by atoms with Crippen molar-refractivity contribution in [2.24, 2.45) is 0 Å². The number of H-pyrrole nitrogens is 1. The van der Waals surface area contributed by atoms with E-state index in [4.69, 9.17) is 0 Å². The van der Waals surface area contributed by atoms with E-state index in [1.807, 2.05) is 10.7 Å². The maximum atomic E-state index is 12.4. The molecular formula is C25H30N5O2S+. The Morgan fingerprint density at radius 2 is 1.82 bits per heavy atom. The second kappa shape index (κ2) is 8.43. The van der Waals surface area contributed by atoms with Crippen LogP contribution >= 0.6 is 0 Å². The van der Waals surface area contributed by atoms with E-state index in [1.54, 1.807) is 30.5 Å². The second-order valence-corrected chi connectivity index (χ2v) is 11.0. The highest BCUT2D eigenvalue weighted by Crippen LogP contribution is 2.30. The predicted octanol–water partition coefficient (Wildman–Crippen LogP) is 4.24. The molecule has 0 saturated heterocycles. The summed E-state index contributed by atoms with van der Waals surface area (Å²) in [6, 6.07) is 16.0. The minimum Gasteiger partial charge on any atom is -0.233 e. The molecule has 1 saturated carbocycles. The highest BCUT2D eigenvalue weighted by Gasteiger charge is 2.29. The number of sulfonamides is 1. The fourth-order valence-corrected chi connectivity index (χ4v) is 5.73. The lowest BCUT2D eigenvalue weighted by molar-refractivity contribution is -0.750. The minimum atomic E-state index is -3.46. The van der Waals surface area contributed by atoms with Crippen LogP contribution < -0.4 is 4.68 Å². The molecule has 0 amide bonds. The Hall–Kier alpha value is -2.97. The predicted molar refractivity (Wildman–Crippen MR) is 129 cm³/mol. The van der Waals surface area contributed by atoms with E-state index < -0.39 is 10.0 Å². The van der Waals surface area contributed by atoms with Gasteiger partial charge in [-0.2, -0.15) is 10.2 Å². The molecule has 172 valence electrons.